The lowest BCUT2D eigenvalue weighted by Gasteiger charge is -2.04. The Morgan fingerprint density at radius 2 is 2.33 bits per heavy atom. The zero-order valence-electron chi connectivity index (χ0n) is 8.59. The van der Waals surface area contributed by atoms with Crippen LogP contribution in [0.1, 0.15) is 19.3 Å². The quantitative estimate of drug-likeness (QED) is 0.291. The van der Waals surface area contributed by atoms with Crippen LogP contribution in [0.25, 0.3) is 10.4 Å². The number of benzene rings is 1. The standard InChI is InChI=1S/C11H14N3O/c12-14-13-9-5-2-6-10-15-11-7-3-1-4-8-11/h1,3,7-8H,2,5-6,9-10H2. The van der Waals surface area contributed by atoms with Crippen molar-refractivity contribution >= 4 is 0 Å². The summed E-state index contributed by atoms with van der Waals surface area (Å²) >= 11 is 0. The van der Waals surface area contributed by atoms with Crippen LogP contribution in [0.5, 0.6) is 5.75 Å². The first-order valence-corrected chi connectivity index (χ1v) is 5.03. The van der Waals surface area contributed by atoms with Crippen molar-refractivity contribution in [1.29, 1.82) is 0 Å². The maximum absolute atomic E-state index is 8.05. The van der Waals surface area contributed by atoms with E-state index in [1.165, 1.54) is 0 Å². The van der Waals surface area contributed by atoms with Gasteiger partial charge >= 0.3 is 0 Å². The van der Waals surface area contributed by atoms with Crippen molar-refractivity contribution in [2.45, 2.75) is 19.3 Å². The number of hydrogen-bond donors (Lipinski definition) is 0. The average molecular weight is 204 g/mol. The summed E-state index contributed by atoms with van der Waals surface area (Å²) in [5, 5.41) is 3.46. The molecule has 0 aliphatic heterocycles. The topological polar surface area (TPSA) is 58.0 Å². The third kappa shape index (κ3) is 5.60. The molecule has 0 aliphatic carbocycles. The first-order chi connectivity index (χ1) is 7.43. The molecule has 0 fully saturated rings. The van der Waals surface area contributed by atoms with Crippen LogP contribution in [0, 0.1) is 6.07 Å². The van der Waals surface area contributed by atoms with Gasteiger partial charge in [0, 0.05) is 11.5 Å². The van der Waals surface area contributed by atoms with E-state index in [4.69, 9.17) is 10.3 Å². The van der Waals surface area contributed by atoms with Crippen molar-refractivity contribution in [1.82, 2.24) is 0 Å². The van der Waals surface area contributed by atoms with Gasteiger partial charge in [-0.25, -0.2) is 0 Å². The molecule has 4 heteroatoms. The van der Waals surface area contributed by atoms with E-state index in [0.717, 1.165) is 25.0 Å². The number of hydrogen-bond acceptors (Lipinski definition) is 2. The maximum Gasteiger partial charge on any atom is 0.119 e. The molecule has 0 saturated heterocycles. The zero-order chi connectivity index (χ0) is 10.8. The fourth-order valence-corrected chi connectivity index (χ4v) is 1.16. The highest BCUT2D eigenvalue weighted by molar-refractivity contribution is 5.19. The minimum absolute atomic E-state index is 0.579. The minimum atomic E-state index is 0.579. The lowest BCUT2D eigenvalue weighted by Crippen LogP contribution is -1.97. The van der Waals surface area contributed by atoms with E-state index < -0.39 is 0 Å². The van der Waals surface area contributed by atoms with Gasteiger partial charge in [0.25, 0.3) is 0 Å². The molecule has 0 spiro atoms. The molecule has 0 atom stereocenters. The van der Waals surface area contributed by atoms with E-state index >= 15 is 0 Å². The predicted octanol–water partition coefficient (Wildman–Crippen LogP) is 3.35. The summed E-state index contributed by atoms with van der Waals surface area (Å²) < 4.78 is 5.48. The summed E-state index contributed by atoms with van der Waals surface area (Å²) in [5.41, 5.74) is 8.05. The molecule has 0 aromatic heterocycles. The average Bonchev–Trinajstić information content (AvgIpc) is 2.29. The molecule has 1 radical (unpaired) electrons. The van der Waals surface area contributed by atoms with Gasteiger partial charge in [-0.2, -0.15) is 0 Å². The lowest BCUT2D eigenvalue weighted by atomic mass is 10.2. The van der Waals surface area contributed by atoms with Crippen molar-refractivity contribution in [2.75, 3.05) is 13.2 Å². The molecule has 0 aliphatic rings. The lowest BCUT2D eigenvalue weighted by molar-refractivity contribution is 0.305. The monoisotopic (exact) mass is 204 g/mol. The minimum Gasteiger partial charge on any atom is -0.494 e. The molecule has 0 amide bonds. The van der Waals surface area contributed by atoms with E-state index in [2.05, 4.69) is 16.1 Å². The Morgan fingerprint density at radius 3 is 3.07 bits per heavy atom. The number of rotatable bonds is 7. The maximum atomic E-state index is 8.05. The summed E-state index contributed by atoms with van der Waals surface area (Å²) in [6.07, 6.45) is 2.93. The smallest absolute Gasteiger partial charge is 0.119 e. The molecule has 0 N–H and O–H groups in total. The van der Waals surface area contributed by atoms with Crippen LogP contribution in [-0.4, -0.2) is 13.2 Å². The summed E-state index contributed by atoms with van der Waals surface area (Å²) in [7, 11) is 0. The number of azide groups is 1. The van der Waals surface area contributed by atoms with Crippen molar-refractivity contribution < 1.29 is 4.74 Å². The fraction of sp³-hybridized carbons (Fsp3) is 0.455. The Balaban J connectivity index is 2.00. The first-order valence-electron chi connectivity index (χ1n) is 5.03. The van der Waals surface area contributed by atoms with Crippen molar-refractivity contribution in [3.05, 3.63) is 40.8 Å². The normalized spacial score (nSPS) is 9.33. The van der Waals surface area contributed by atoms with E-state index in [9.17, 15) is 0 Å². The molecule has 0 heterocycles. The van der Waals surface area contributed by atoms with Gasteiger partial charge in [-0.1, -0.05) is 17.2 Å². The van der Waals surface area contributed by atoms with Crippen molar-refractivity contribution in [2.24, 2.45) is 5.11 Å². The number of ether oxygens (including phenoxy) is 1. The van der Waals surface area contributed by atoms with E-state index in [1.54, 1.807) is 0 Å². The Hall–Kier alpha value is -1.67. The van der Waals surface area contributed by atoms with Gasteiger partial charge in [-0.15, -0.1) is 0 Å². The zero-order valence-corrected chi connectivity index (χ0v) is 8.59. The second-order valence-electron chi connectivity index (χ2n) is 3.10. The van der Waals surface area contributed by atoms with Crippen molar-refractivity contribution in [3.63, 3.8) is 0 Å². The SMILES string of the molecule is [N-]=[N+]=NCCCCCOc1c[c]ccc1. The van der Waals surface area contributed by atoms with Crippen molar-refractivity contribution in [3.8, 4) is 5.75 Å². The molecule has 1 aromatic carbocycles. The summed E-state index contributed by atoms with van der Waals surface area (Å²) in [6.45, 7) is 1.28. The van der Waals surface area contributed by atoms with Crippen LogP contribution in [0.4, 0.5) is 0 Å². The summed E-state index contributed by atoms with van der Waals surface area (Å²) in [6, 6.07) is 10.4. The molecule has 15 heavy (non-hydrogen) atoms. The van der Waals surface area contributed by atoms with Gasteiger partial charge in [0.15, 0.2) is 0 Å². The van der Waals surface area contributed by atoms with Gasteiger partial charge in [-0.05, 0) is 43.0 Å². The third-order valence-corrected chi connectivity index (χ3v) is 1.91. The first kappa shape index (κ1) is 11.4. The van der Waals surface area contributed by atoms with Crippen LogP contribution in [-0.2, 0) is 0 Å². The van der Waals surface area contributed by atoms with E-state index in [-0.39, 0.29) is 0 Å². The number of unbranched alkanes of at least 4 members (excludes halogenated alkanes) is 2. The molecule has 0 bridgehead atoms. The largest absolute Gasteiger partial charge is 0.494 e. The fourth-order valence-electron chi connectivity index (χ4n) is 1.16. The predicted molar refractivity (Wildman–Crippen MR) is 58.6 cm³/mol. The van der Waals surface area contributed by atoms with Crippen LogP contribution in [0.3, 0.4) is 0 Å². The molecular weight excluding hydrogens is 190 g/mol. The Morgan fingerprint density at radius 1 is 1.40 bits per heavy atom. The van der Waals surface area contributed by atoms with Crippen LogP contribution in [0.15, 0.2) is 29.4 Å². The molecular formula is C11H14N3O. The van der Waals surface area contributed by atoms with Gasteiger partial charge in [-0.3, -0.25) is 0 Å². The highest BCUT2D eigenvalue weighted by Gasteiger charge is 1.91. The second kappa shape index (κ2) is 7.71. The molecule has 4 nitrogen and oxygen atoms in total. The highest BCUT2D eigenvalue weighted by atomic mass is 16.5. The molecule has 0 saturated carbocycles. The highest BCUT2D eigenvalue weighted by Crippen LogP contribution is 2.08. The molecule has 1 rings (SSSR count). The van der Waals surface area contributed by atoms with E-state index in [0.29, 0.717) is 13.2 Å². The Kier molecular flexibility index (Phi) is 5.86. The van der Waals surface area contributed by atoms with Gasteiger partial charge in [0.1, 0.15) is 5.75 Å². The molecule has 79 valence electrons. The Bertz CT molecular complexity index is 307. The Labute approximate surface area is 89.5 Å². The summed E-state index contributed by atoms with van der Waals surface area (Å²) in [4.78, 5) is 2.69. The van der Waals surface area contributed by atoms with Gasteiger partial charge in [0.05, 0.1) is 6.61 Å². The summed E-state index contributed by atoms with van der Waals surface area (Å²) in [5.74, 6) is 0.854. The molecule has 1 aromatic rings. The van der Waals surface area contributed by atoms with Gasteiger partial charge < -0.3 is 4.74 Å². The third-order valence-electron chi connectivity index (χ3n) is 1.91. The van der Waals surface area contributed by atoms with Gasteiger partial charge in [0.2, 0.25) is 0 Å². The van der Waals surface area contributed by atoms with E-state index in [1.807, 2.05) is 24.3 Å². The van der Waals surface area contributed by atoms with Crippen LogP contribution < -0.4 is 4.74 Å². The molecule has 0 unspecified atom stereocenters. The van der Waals surface area contributed by atoms with Crippen LogP contribution in [0.2, 0.25) is 0 Å². The van der Waals surface area contributed by atoms with Crippen LogP contribution >= 0.6 is 0 Å². The second-order valence-corrected chi connectivity index (χ2v) is 3.10. The number of nitrogens with zero attached hydrogens (tertiary/aromatic N) is 3.